The Morgan fingerprint density at radius 2 is 2.05 bits per heavy atom. The maximum atomic E-state index is 12.3. The van der Waals surface area contributed by atoms with Crippen LogP contribution in [0.3, 0.4) is 0 Å². The van der Waals surface area contributed by atoms with E-state index >= 15 is 0 Å². The molecular weight excluding hydrogens is 244 g/mol. The van der Waals surface area contributed by atoms with Gasteiger partial charge in [-0.25, -0.2) is 4.79 Å². The molecule has 1 unspecified atom stereocenters. The predicted octanol–water partition coefficient (Wildman–Crippen LogP) is 2.43. The van der Waals surface area contributed by atoms with Crippen molar-refractivity contribution in [2.24, 2.45) is 0 Å². The van der Waals surface area contributed by atoms with E-state index in [1.807, 2.05) is 36.4 Å². The Bertz CT molecular complexity index is 464. The van der Waals surface area contributed by atoms with E-state index < -0.39 is 5.60 Å². The topological polar surface area (TPSA) is 44.8 Å². The smallest absolute Gasteiger partial charge is 0.343 e. The third-order valence-electron chi connectivity index (χ3n) is 3.16. The molecule has 0 saturated carbocycles. The summed E-state index contributed by atoms with van der Waals surface area (Å²) in [4.78, 5) is 12.3. The van der Waals surface area contributed by atoms with Gasteiger partial charge in [-0.2, -0.15) is 0 Å². The molecular formula is C15H18O4. The third kappa shape index (κ3) is 2.63. The first kappa shape index (κ1) is 13.6. The molecule has 1 atom stereocenters. The number of rotatable bonds is 4. The lowest BCUT2D eigenvalue weighted by molar-refractivity contribution is -0.173. The standard InChI is InChI=1S/C15H18O4/c1-3-18-14(16)15(10-4-5-11-19-15)12-6-8-13(17-2)9-7-12/h4-9H,3,10-11H2,1-2H3. The average molecular weight is 262 g/mol. The zero-order chi connectivity index (χ0) is 13.7. The molecule has 0 aliphatic carbocycles. The second kappa shape index (κ2) is 5.89. The molecule has 1 heterocycles. The first-order chi connectivity index (χ1) is 9.23. The number of esters is 1. The molecule has 0 fully saturated rings. The Labute approximate surface area is 113 Å². The fraction of sp³-hybridized carbons (Fsp3) is 0.400. The van der Waals surface area contributed by atoms with E-state index in [1.165, 1.54) is 0 Å². The van der Waals surface area contributed by atoms with Gasteiger partial charge < -0.3 is 14.2 Å². The molecule has 1 aromatic rings. The van der Waals surface area contributed by atoms with Crippen molar-refractivity contribution in [1.29, 1.82) is 0 Å². The number of carbonyl (C=O) groups is 1. The minimum Gasteiger partial charge on any atom is -0.497 e. The van der Waals surface area contributed by atoms with Crippen LogP contribution in [0.15, 0.2) is 36.4 Å². The fourth-order valence-electron chi connectivity index (χ4n) is 2.14. The Balaban J connectivity index is 2.36. The molecule has 0 N–H and O–H groups in total. The van der Waals surface area contributed by atoms with Crippen molar-refractivity contribution in [2.45, 2.75) is 18.9 Å². The van der Waals surface area contributed by atoms with Gasteiger partial charge in [0.1, 0.15) is 5.75 Å². The van der Waals surface area contributed by atoms with Crippen molar-refractivity contribution in [2.75, 3.05) is 20.3 Å². The number of benzene rings is 1. The summed E-state index contributed by atoms with van der Waals surface area (Å²) in [5.74, 6) is 0.402. The molecule has 0 radical (unpaired) electrons. The molecule has 4 nitrogen and oxygen atoms in total. The summed E-state index contributed by atoms with van der Waals surface area (Å²) in [6.07, 6.45) is 4.34. The van der Waals surface area contributed by atoms with Crippen LogP contribution in [0.4, 0.5) is 0 Å². The van der Waals surface area contributed by atoms with Crippen LogP contribution in [-0.4, -0.2) is 26.3 Å². The maximum absolute atomic E-state index is 12.3. The molecule has 1 aliphatic rings. The second-order valence-corrected chi connectivity index (χ2v) is 4.26. The minimum absolute atomic E-state index is 0.337. The average Bonchev–Trinajstić information content (AvgIpc) is 2.48. The molecule has 0 amide bonds. The molecule has 1 aromatic carbocycles. The molecule has 2 rings (SSSR count). The van der Waals surface area contributed by atoms with Gasteiger partial charge in [0, 0.05) is 6.42 Å². The summed E-state index contributed by atoms with van der Waals surface area (Å²) >= 11 is 0. The Morgan fingerprint density at radius 3 is 2.58 bits per heavy atom. The minimum atomic E-state index is -1.03. The predicted molar refractivity (Wildman–Crippen MR) is 71.0 cm³/mol. The molecule has 102 valence electrons. The van der Waals surface area contributed by atoms with Crippen molar-refractivity contribution in [3.63, 3.8) is 0 Å². The van der Waals surface area contributed by atoms with Gasteiger partial charge >= 0.3 is 5.97 Å². The van der Waals surface area contributed by atoms with Gasteiger partial charge in [0.15, 0.2) is 5.60 Å². The highest BCUT2D eigenvalue weighted by atomic mass is 16.6. The summed E-state index contributed by atoms with van der Waals surface area (Å²) in [5, 5.41) is 0. The van der Waals surface area contributed by atoms with Gasteiger partial charge in [0.05, 0.1) is 20.3 Å². The van der Waals surface area contributed by atoms with Crippen LogP contribution in [0.25, 0.3) is 0 Å². The van der Waals surface area contributed by atoms with Crippen LogP contribution in [0.1, 0.15) is 18.9 Å². The van der Waals surface area contributed by atoms with E-state index in [0.29, 0.717) is 19.6 Å². The highest BCUT2D eigenvalue weighted by Gasteiger charge is 2.43. The van der Waals surface area contributed by atoms with E-state index in [-0.39, 0.29) is 5.97 Å². The van der Waals surface area contributed by atoms with Crippen molar-refractivity contribution in [3.05, 3.63) is 42.0 Å². The molecule has 4 heteroatoms. The largest absolute Gasteiger partial charge is 0.497 e. The summed E-state index contributed by atoms with van der Waals surface area (Å²) in [7, 11) is 1.61. The summed E-state index contributed by atoms with van der Waals surface area (Å²) in [6.45, 7) is 2.53. The van der Waals surface area contributed by atoms with Gasteiger partial charge in [0.25, 0.3) is 0 Å². The van der Waals surface area contributed by atoms with Crippen LogP contribution in [0.5, 0.6) is 5.75 Å². The van der Waals surface area contributed by atoms with Crippen molar-refractivity contribution in [1.82, 2.24) is 0 Å². The summed E-state index contributed by atoms with van der Waals surface area (Å²) < 4.78 is 16.0. The van der Waals surface area contributed by atoms with Crippen molar-refractivity contribution in [3.8, 4) is 5.75 Å². The van der Waals surface area contributed by atoms with E-state index in [0.717, 1.165) is 11.3 Å². The number of carbonyl (C=O) groups excluding carboxylic acids is 1. The molecule has 19 heavy (non-hydrogen) atoms. The third-order valence-corrected chi connectivity index (χ3v) is 3.16. The summed E-state index contributed by atoms with van der Waals surface area (Å²) in [5.41, 5.74) is -0.243. The quantitative estimate of drug-likeness (QED) is 0.617. The van der Waals surface area contributed by atoms with Crippen LogP contribution in [-0.2, 0) is 19.9 Å². The van der Waals surface area contributed by atoms with Gasteiger partial charge in [-0.15, -0.1) is 0 Å². The number of methoxy groups -OCH3 is 1. The van der Waals surface area contributed by atoms with E-state index in [9.17, 15) is 4.79 Å². The lowest BCUT2D eigenvalue weighted by Crippen LogP contribution is -2.41. The normalized spacial score (nSPS) is 22.0. The number of hydrogen-bond acceptors (Lipinski definition) is 4. The van der Waals surface area contributed by atoms with E-state index in [4.69, 9.17) is 14.2 Å². The first-order valence-electron chi connectivity index (χ1n) is 6.33. The molecule has 0 aromatic heterocycles. The number of hydrogen-bond donors (Lipinski definition) is 0. The SMILES string of the molecule is CCOC(=O)C1(c2ccc(OC)cc2)CC=CCO1. The lowest BCUT2D eigenvalue weighted by Gasteiger charge is -2.32. The van der Waals surface area contributed by atoms with Crippen molar-refractivity contribution < 1.29 is 19.0 Å². The van der Waals surface area contributed by atoms with Gasteiger partial charge in [-0.05, 0) is 24.6 Å². The van der Waals surface area contributed by atoms with Gasteiger partial charge in [-0.3, -0.25) is 0 Å². The van der Waals surface area contributed by atoms with Crippen LogP contribution in [0.2, 0.25) is 0 Å². The maximum Gasteiger partial charge on any atom is 0.343 e. The summed E-state index contributed by atoms with van der Waals surface area (Å²) in [6, 6.07) is 7.32. The fourth-order valence-corrected chi connectivity index (χ4v) is 2.14. The second-order valence-electron chi connectivity index (χ2n) is 4.26. The lowest BCUT2D eigenvalue weighted by atomic mass is 9.88. The van der Waals surface area contributed by atoms with Crippen LogP contribution < -0.4 is 4.74 Å². The Morgan fingerprint density at radius 1 is 1.32 bits per heavy atom. The first-order valence-corrected chi connectivity index (χ1v) is 6.33. The molecule has 0 saturated heterocycles. The van der Waals surface area contributed by atoms with E-state index in [1.54, 1.807) is 14.0 Å². The van der Waals surface area contributed by atoms with Crippen molar-refractivity contribution >= 4 is 5.97 Å². The van der Waals surface area contributed by atoms with Crippen LogP contribution >= 0.6 is 0 Å². The van der Waals surface area contributed by atoms with Gasteiger partial charge in [0.2, 0.25) is 0 Å². The molecule has 1 aliphatic heterocycles. The zero-order valence-corrected chi connectivity index (χ0v) is 11.2. The van der Waals surface area contributed by atoms with E-state index in [2.05, 4.69) is 0 Å². The number of ether oxygens (including phenoxy) is 3. The highest BCUT2D eigenvalue weighted by molar-refractivity contribution is 5.82. The molecule has 0 bridgehead atoms. The molecule has 0 spiro atoms. The highest BCUT2D eigenvalue weighted by Crippen LogP contribution is 2.35. The monoisotopic (exact) mass is 262 g/mol. The Kier molecular flexibility index (Phi) is 4.22. The van der Waals surface area contributed by atoms with Crippen LogP contribution in [0, 0.1) is 0 Å². The zero-order valence-electron chi connectivity index (χ0n) is 11.2. The Hall–Kier alpha value is -1.81. The van der Waals surface area contributed by atoms with Gasteiger partial charge in [-0.1, -0.05) is 24.3 Å².